The van der Waals surface area contributed by atoms with Gasteiger partial charge in [-0.25, -0.2) is 0 Å². The Bertz CT molecular complexity index is 799. The molecule has 3 rings (SSSR count). The Morgan fingerprint density at radius 3 is 2.62 bits per heavy atom. The molecule has 1 N–H and O–H groups in total. The highest BCUT2D eigenvalue weighted by atomic mass is 16.2. The Morgan fingerprint density at radius 2 is 1.92 bits per heavy atom. The van der Waals surface area contributed by atoms with Gasteiger partial charge in [0, 0.05) is 19.2 Å². The van der Waals surface area contributed by atoms with Crippen molar-refractivity contribution < 1.29 is 4.79 Å². The second-order valence-corrected chi connectivity index (χ2v) is 5.37. The molecule has 0 aliphatic rings. The molecule has 0 atom stereocenters. The summed E-state index contributed by atoms with van der Waals surface area (Å²) in [4.78, 5) is 21.0. The Labute approximate surface area is 140 Å². The third-order valence-electron chi connectivity index (χ3n) is 3.49. The molecule has 2 heterocycles. The van der Waals surface area contributed by atoms with Gasteiger partial charge in [-0.15, -0.1) is 5.10 Å². The van der Waals surface area contributed by atoms with Crippen molar-refractivity contribution >= 4 is 11.9 Å². The normalized spacial score (nSPS) is 10.5. The number of hydrogen-bond donors (Lipinski definition) is 1. The van der Waals surface area contributed by atoms with Crippen LogP contribution in [-0.2, 0) is 6.54 Å². The van der Waals surface area contributed by atoms with Gasteiger partial charge in [-0.2, -0.15) is 9.67 Å². The van der Waals surface area contributed by atoms with Crippen LogP contribution in [0.15, 0.2) is 54.7 Å². The van der Waals surface area contributed by atoms with Crippen molar-refractivity contribution in [3.8, 4) is 11.5 Å². The van der Waals surface area contributed by atoms with Gasteiger partial charge < -0.3 is 5.32 Å². The highest BCUT2D eigenvalue weighted by Crippen LogP contribution is 2.16. The Morgan fingerprint density at radius 1 is 1.12 bits per heavy atom. The zero-order valence-corrected chi connectivity index (χ0v) is 13.5. The van der Waals surface area contributed by atoms with Crippen LogP contribution in [0.3, 0.4) is 0 Å². The van der Waals surface area contributed by atoms with Crippen LogP contribution in [0.5, 0.6) is 0 Å². The summed E-state index contributed by atoms with van der Waals surface area (Å²) in [5, 5.41) is 7.54. The molecule has 0 aliphatic carbocycles. The van der Waals surface area contributed by atoms with E-state index in [0.29, 0.717) is 30.4 Å². The number of nitrogens with one attached hydrogen (secondary N) is 1. The van der Waals surface area contributed by atoms with Crippen LogP contribution in [-0.4, -0.2) is 25.7 Å². The van der Waals surface area contributed by atoms with Crippen molar-refractivity contribution in [3.63, 3.8) is 0 Å². The maximum Gasteiger partial charge on any atom is 0.250 e. The summed E-state index contributed by atoms with van der Waals surface area (Å²) < 4.78 is 1.34. The topological polar surface area (TPSA) is 72.7 Å². The molecule has 2 aromatic heterocycles. The molecule has 0 aliphatic heterocycles. The molecule has 0 fully saturated rings. The van der Waals surface area contributed by atoms with Gasteiger partial charge in [0.2, 0.25) is 17.7 Å². The van der Waals surface area contributed by atoms with E-state index >= 15 is 0 Å². The molecular formula is C18H19N5O. The molecule has 0 radical (unpaired) electrons. The first-order valence-electron chi connectivity index (χ1n) is 7.97. The average Bonchev–Trinajstić information content (AvgIpc) is 3.06. The molecular weight excluding hydrogens is 302 g/mol. The molecule has 0 amide bonds. The van der Waals surface area contributed by atoms with E-state index in [9.17, 15) is 4.79 Å². The van der Waals surface area contributed by atoms with Crippen LogP contribution in [0.25, 0.3) is 11.5 Å². The van der Waals surface area contributed by atoms with E-state index in [1.165, 1.54) is 4.68 Å². The Balaban J connectivity index is 1.87. The minimum absolute atomic E-state index is 0.0808. The molecule has 0 bridgehead atoms. The predicted octanol–water partition coefficient (Wildman–Crippen LogP) is 3.39. The molecule has 0 saturated heterocycles. The minimum atomic E-state index is -0.0808. The fourth-order valence-corrected chi connectivity index (χ4v) is 2.30. The lowest BCUT2D eigenvalue weighted by molar-refractivity contribution is 0.0888. The monoisotopic (exact) mass is 321 g/mol. The van der Waals surface area contributed by atoms with Gasteiger partial charge in [0.15, 0.2) is 0 Å². The lowest BCUT2D eigenvalue weighted by Crippen LogP contribution is -2.16. The number of anilines is 1. The maximum atomic E-state index is 12.3. The van der Waals surface area contributed by atoms with Crippen LogP contribution >= 0.6 is 0 Å². The molecule has 0 saturated carbocycles. The van der Waals surface area contributed by atoms with Crippen molar-refractivity contribution in [1.82, 2.24) is 19.7 Å². The first kappa shape index (κ1) is 15.9. The van der Waals surface area contributed by atoms with Crippen molar-refractivity contribution in [2.24, 2.45) is 0 Å². The molecule has 6 nitrogen and oxygen atoms in total. The molecule has 0 unspecified atom stereocenters. The summed E-state index contributed by atoms with van der Waals surface area (Å²) in [7, 11) is 0. The van der Waals surface area contributed by atoms with E-state index in [2.05, 4.69) is 20.4 Å². The number of hydrogen-bond acceptors (Lipinski definition) is 5. The summed E-state index contributed by atoms with van der Waals surface area (Å²) in [6, 6.07) is 15.5. The lowest BCUT2D eigenvalue weighted by atomic mass is 10.2. The fourth-order valence-electron chi connectivity index (χ4n) is 2.30. The van der Waals surface area contributed by atoms with Gasteiger partial charge in [0.25, 0.3) is 0 Å². The summed E-state index contributed by atoms with van der Waals surface area (Å²) in [6.45, 7) is 2.53. The van der Waals surface area contributed by atoms with Crippen LogP contribution < -0.4 is 5.32 Å². The highest BCUT2D eigenvalue weighted by Gasteiger charge is 2.17. The van der Waals surface area contributed by atoms with Crippen molar-refractivity contribution in [2.75, 3.05) is 5.32 Å². The molecule has 1 aromatic carbocycles. The van der Waals surface area contributed by atoms with E-state index < -0.39 is 0 Å². The van der Waals surface area contributed by atoms with Gasteiger partial charge in [-0.05, 0) is 24.1 Å². The highest BCUT2D eigenvalue weighted by molar-refractivity contribution is 5.81. The minimum Gasteiger partial charge on any atom is -0.350 e. The van der Waals surface area contributed by atoms with Crippen LogP contribution in [0.2, 0.25) is 0 Å². The molecule has 3 aromatic rings. The van der Waals surface area contributed by atoms with Crippen LogP contribution in [0, 0.1) is 0 Å². The predicted molar refractivity (Wildman–Crippen MR) is 92.6 cm³/mol. The number of benzene rings is 1. The van der Waals surface area contributed by atoms with Crippen LogP contribution in [0.1, 0.15) is 30.1 Å². The first-order valence-corrected chi connectivity index (χ1v) is 7.97. The summed E-state index contributed by atoms with van der Waals surface area (Å²) in [6.07, 6.45) is 2.86. The number of rotatable bonds is 6. The van der Waals surface area contributed by atoms with E-state index in [0.717, 1.165) is 12.0 Å². The van der Waals surface area contributed by atoms with Gasteiger partial charge in [0.05, 0.1) is 0 Å². The van der Waals surface area contributed by atoms with Gasteiger partial charge in [-0.3, -0.25) is 9.78 Å². The van der Waals surface area contributed by atoms with Crippen molar-refractivity contribution in [1.29, 1.82) is 0 Å². The fraction of sp³-hybridized carbons (Fsp3) is 0.222. The van der Waals surface area contributed by atoms with Crippen LogP contribution in [0.4, 0.5) is 5.95 Å². The number of nitrogens with zero attached hydrogens (tertiary/aromatic N) is 4. The molecule has 122 valence electrons. The largest absolute Gasteiger partial charge is 0.350 e. The smallest absolute Gasteiger partial charge is 0.250 e. The number of carbonyl (C=O) groups excluding carboxylic acids is 1. The molecule has 6 heteroatoms. The van der Waals surface area contributed by atoms with Crippen molar-refractivity contribution in [2.45, 2.75) is 26.3 Å². The van der Waals surface area contributed by atoms with E-state index in [1.54, 1.807) is 6.20 Å². The quantitative estimate of drug-likeness (QED) is 0.753. The zero-order chi connectivity index (χ0) is 16.8. The van der Waals surface area contributed by atoms with Gasteiger partial charge in [-0.1, -0.05) is 43.3 Å². The third kappa shape index (κ3) is 3.65. The standard InChI is InChI=1S/C18H19N5O/c1-2-8-16(24)23-18(20-13-14-9-4-3-5-10-14)21-17(22-23)15-11-6-7-12-19-15/h3-7,9-12H,2,8,13H2,1H3,(H,20,21,22). The molecule has 0 spiro atoms. The van der Waals surface area contributed by atoms with Crippen molar-refractivity contribution in [3.05, 3.63) is 60.3 Å². The number of pyridine rings is 1. The summed E-state index contributed by atoms with van der Waals surface area (Å²) in [5.74, 6) is 0.802. The third-order valence-corrected chi connectivity index (χ3v) is 3.49. The SMILES string of the molecule is CCCC(=O)n1nc(-c2ccccn2)nc1NCc1ccccc1. The Kier molecular flexibility index (Phi) is 4.96. The summed E-state index contributed by atoms with van der Waals surface area (Å²) >= 11 is 0. The first-order chi connectivity index (χ1) is 11.8. The summed E-state index contributed by atoms with van der Waals surface area (Å²) in [5.41, 5.74) is 1.75. The number of aromatic nitrogens is 4. The molecule has 24 heavy (non-hydrogen) atoms. The van der Waals surface area contributed by atoms with Gasteiger partial charge >= 0.3 is 0 Å². The number of carbonyl (C=O) groups is 1. The average molecular weight is 321 g/mol. The van der Waals surface area contributed by atoms with E-state index in [4.69, 9.17) is 0 Å². The lowest BCUT2D eigenvalue weighted by Gasteiger charge is -2.06. The Hall–Kier alpha value is -3.02. The second-order valence-electron chi connectivity index (χ2n) is 5.37. The van der Waals surface area contributed by atoms with Gasteiger partial charge in [0.1, 0.15) is 5.69 Å². The maximum absolute atomic E-state index is 12.3. The second kappa shape index (κ2) is 7.50. The van der Waals surface area contributed by atoms with E-state index in [-0.39, 0.29) is 5.91 Å². The van der Waals surface area contributed by atoms with E-state index in [1.807, 2.05) is 55.5 Å². The zero-order valence-electron chi connectivity index (χ0n) is 13.5.